The van der Waals surface area contributed by atoms with Crippen LogP contribution in [0.15, 0.2) is 18.2 Å². The lowest BCUT2D eigenvalue weighted by Crippen LogP contribution is -2.43. The summed E-state index contributed by atoms with van der Waals surface area (Å²) in [6.07, 6.45) is 0. The molecule has 0 saturated carbocycles. The molecule has 0 fully saturated rings. The van der Waals surface area contributed by atoms with Crippen LogP contribution in [-0.2, 0) is 4.79 Å². The van der Waals surface area contributed by atoms with Crippen molar-refractivity contribution >= 4 is 17.3 Å². The first kappa shape index (κ1) is 15.7. The van der Waals surface area contributed by atoms with Crippen molar-refractivity contribution in [1.82, 2.24) is 5.32 Å². The Bertz CT molecular complexity index is 509. The van der Waals surface area contributed by atoms with Crippen LogP contribution in [0.2, 0.25) is 0 Å². The molecule has 0 aliphatic carbocycles. The molecule has 0 aliphatic rings. The number of methoxy groups -OCH3 is 1. The summed E-state index contributed by atoms with van der Waals surface area (Å²) in [6, 6.07) is 4.36. The first-order valence-electron chi connectivity index (χ1n) is 6.10. The second kappa shape index (κ2) is 6.23. The van der Waals surface area contributed by atoms with E-state index in [-0.39, 0.29) is 29.4 Å². The second-order valence-electron chi connectivity index (χ2n) is 5.30. The average molecular weight is 281 g/mol. The van der Waals surface area contributed by atoms with Gasteiger partial charge in [0.05, 0.1) is 18.6 Å². The lowest BCUT2D eigenvalue weighted by molar-refractivity contribution is -0.385. The molecule has 0 bridgehead atoms. The van der Waals surface area contributed by atoms with E-state index in [4.69, 9.17) is 4.74 Å². The Morgan fingerprint density at radius 3 is 2.55 bits per heavy atom. The number of rotatable bonds is 5. The molecule has 0 aromatic heterocycles. The van der Waals surface area contributed by atoms with Gasteiger partial charge in [-0.15, -0.1) is 0 Å². The number of amides is 1. The Balaban J connectivity index is 2.70. The number of nitro benzene ring substituents is 1. The fraction of sp³-hybridized carbons (Fsp3) is 0.462. The molecule has 1 rings (SSSR count). The largest absolute Gasteiger partial charge is 0.490 e. The van der Waals surface area contributed by atoms with E-state index < -0.39 is 4.92 Å². The van der Waals surface area contributed by atoms with Crippen LogP contribution in [0.25, 0.3) is 0 Å². The van der Waals surface area contributed by atoms with Gasteiger partial charge >= 0.3 is 5.69 Å². The van der Waals surface area contributed by atoms with E-state index in [1.165, 1.54) is 25.3 Å². The van der Waals surface area contributed by atoms with Crippen LogP contribution in [0.3, 0.4) is 0 Å². The average Bonchev–Trinajstić information content (AvgIpc) is 2.33. The molecule has 0 spiro atoms. The molecule has 0 unspecified atom stereocenters. The lowest BCUT2D eigenvalue weighted by Gasteiger charge is -2.20. The Morgan fingerprint density at radius 2 is 2.05 bits per heavy atom. The van der Waals surface area contributed by atoms with Gasteiger partial charge in [-0.2, -0.15) is 0 Å². The molecule has 20 heavy (non-hydrogen) atoms. The third-order valence-corrected chi connectivity index (χ3v) is 2.34. The van der Waals surface area contributed by atoms with Crippen molar-refractivity contribution in [1.29, 1.82) is 0 Å². The minimum Gasteiger partial charge on any atom is -0.490 e. The Hall–Kier alpha value is -2.31. The summed E-state index contributed by atoms with van der Waals surface area (Å²) in [5.74, 6) is -0.00829. The number of nitrogens with zero attached hydrogens (tertiary/aromatic N) is 1. The number of carbonyl (C=O) groups excluding carboxylic acids is 1. The van der Waals surface area contributed by atoms with Crippen LogP contribution in [0, 0.1) is 10.1 Å². The molecule has 0 heterocycles. The molecule has 1 amide bonds. The Morgan fingerprint density at radius 1 is 1.40 bits per heavy atom. The quantitative estimate of drug-likeness (QED) is 0.635. The number of anilines is 1. The number of nitrogens with one attached hydrogen (secondary N) is 2. The van der Waals surface area contributed by atoms with Crippen LogP contribution in [0.5, 0.6) is 5.75 Å². The van der Waals surface area contributed by atoms with Gasteiger partial charge in [-0.25, -0.2) is 0 Å². The summed E-state index contributed by atoms with van der Waals surface area (Å²) in [7, 11) is 1.36. The summed E-state index contributed by atoms with van der Waals surface area (Å²) < 4.78 is 4.95. The zero-order chi connectivity index (χ0) is 15.3. The van der Waals surface area contributed by atoms with E-state index in [9.17, 15) is 14.9 Å². The first-order valence-corrected chi connectivity index (χ1v) is 6.10. The molecule has 0 saturated heterocycles. The minimum atomic E-state index is -0.519. The highest BCUT2D eigenvalue weighted by Gasteiger charge is 2.16. The van der Waals surface area contributed by atoms with E-state index in [0.717, 1.165) is 0 Å². The van der Waals surface area contributed by atoms with Crippen LogP contribution < -0.4 is 15.4 Å². The molecular formula is C13H19N3O4. The molecule has 110 valence electrons. The van der Waals surface area contributed by atoms with E-state index in [1.807, 2.05) is 20.8 Å². The van der Waals surface area contributed by atoms with Gasteiger partial charge in [0.1, 0.15) is 0 Å². The predicted molar refractivity (Wildman–Crippen MR) is 76.0 cm³/mol. The number of carbonyl (C=O) groups is 1. The van der Waals surface area contributed by atoms with Crippen molar-refractivity contribution in [3.63, 3.8) is 0 Å². The number of hydrogen-bond acceptors (Lipinski definition) is 5. The number of ether oxygens (including phenoxy) is 1. The molecule has 0 radical (unpaired) electrons. The number of hydrogen-bond donors (Lipinski definition) is 2. The van der Waals surface area contributed by atoms with Crippen LogP contribution >= 0.6 is 0 Å². The maximum Gasteiger partial charge on any atom is 0.311 e. The van der Waals surface area contributed by atoms with E-state index >= 15 is 0 Å². The summed E-state index contributed by atoms with van der Waals surface area (Å²) in [6.45, 7) is 5.75. The molecule has 1 aromatic carbocycles. The van der Waals surface area contributed by atoms with Gasteiger partial charge in [-0.3, -0.25) is 14.9 Å². The van der Waals surface area contributed by atoms with Crippen LogP contribution in [-0.4, -0.2) is 30.0 Å². The molecule has 7 heteroatoms. The summed E-state index contributed by atoms with van der Waals surface area (Å²) in [5, 5.41) is 16.5. The third kappa shape index (κ3) is 4.75. The van der Waals surface area contributed by atoms with Crippen molar-refractivity contribution in [2.75, 3.05) is 19.0 Å². The summed E-state index contributed by atoms with van der Waals surface area (Å²) in [4.78, 5) is 21.9. The van der Waals surface area contributed by atoms with Gasteiger partial charge in [0.25, 0.3) is 0 Å². The maximum absolute atomic E-state index is 11.6. The molecule has 2 N–H and O–H groups in total. The third-order valence-electron chi connectivity index (χ3n) is 2.34. The minimum absolute atomic E-state index is 0.0816. The predicted octanol–water partition coefficient (Wildman–Crippen LogP) is 1.93. The van der Waals surface area contributed by atoms with Gasteiger partial charge in [0.2, 0.25) is 5.91 Å². The highest BCUT2D eigenvalue weighted by atomic mass is 16.6. The molecule has 0 atom stereocenters. The van der Waals surface area contributed by atoms with Crippen molar-refractivity contribution in [2.24, 2.45) is 0 Å². The molecule has 0 aliphatic heterocycles. The summed E-state index contributed by atoms with van der Waals surface area (Å²) in [5.41, 5.74) is 0.167. The van der Waals surface area contributed by atoms with E-state index in [2.05, 4.69) is 10.6 Å². The highest BCUT2D eigenvalue weighted by molar-refractivity contribution is 5.81. The van der Waals surface area contributed by atoms with Crippen molar-refractivity contribution < 1.29 is 14.5 Å². The monoisotopic (exact) mass is 281 g/mol. The number of benzene rings is 1. The van der Waals surface area contributed by atoms with Crippen molar-refractivity contribution in [2.45, 2.75) is 26.3 Å². The van der Waals surface area contributed by atoms with Gasteiger partial charge in [-0.05, 0) is 26.8 Å². The molecular weight excluding hydrogens is 262 g/mol. The number of nitro groups is 1. The highest BCUT2D eigenvalue weighted by Crippen LogP contribution is 2.29. The summed E-state index contributed by atoms with van der Waals surface area (Å²) >= 11 is 0. The maximum atomic E-state index is 11.6. The van der Waals surface area contributed by atoms with Gasteiger partial charge < -0.3 is 15.4 Å². The fourth-order valence-electron chi connectivity index (χ4n) is 1.58. The molecule has 7 nitrogen and oxygen atoms in total. The van der Waals surface area contributed by atoms with Crippen LogP contribution in [0.1, 0.15) is 20.8 Å². The molecule has 1 aromatic rings. The zero-order valence-corrected chi connectivity index (χ0v) is 12.0. The van der Waals surface area contributed by atoms with Crippen molar-refractivity contribution in [3.05, 3.63) is 28.3 Å². The lowest BCUT2D eigenvalue weighted by atomic mass is 10.1. The first-order chi connectivity index (χ1) is 9.23. The second-order valence-corrected chi connectivity index (χ2v) is 5.30. The van der Waals surface area contributed by atoms with Gasteiger partial charge in [0, 0.05) is 23.4 Å². The SMILES string of the molecule is COc1cc(NCC(=O)NC(C)(C)C)ccc1[N+](=O)[O-]. The normalized spacial score (nSPS) is 10.8. The topological polar surface area (TPSA) is 93.5 Å². The van der Waals surface area contributed by atoms with Gasteiger partial charge in [-0.1, -0.05) is 0 Å². The smallest absolute Gasteiger partial charge is 0.311 e. The van der Waals surface area contributed by atoms with Gasteiger partial charge in [0.15, 0.2) is 5.75 Å². The van der Waals surface area contributed by atoms with E-state index in [0.29, 0.717) is 5.69 Å². The Labute approximate surface area is 117 Å². The van der Waals surface area contributed by atoms with Crippen molar-refractivity contribution in [3.8, 4) is 5.75 Å². The van der Waals surface area contributed by atoms with Crippen LogP contribution in [0.4, 0.5) is 11.4 Å². The van der Waals surface area contributed by atoms with E-state index in [1.54, 1.807) is 0 Å². The standard InChI is InChI=1S/C13H19N3O4/c1-13(2,3)15-12(17)8-14-9-5-6-10(16(18)19)11(7-9)20-4/h5-7,14H,8H2,1-4H3,(H,15,17). The fourth-order valence-corrected chi connectivity index (χ4v) is 1.58. The zero-order valence-electron chi connectivity index (χ0n) is 12.0. The Kier molecular flexibility index (Phi) is 4.90.